The summed E-state index contributed by atoms with van der Waals surface area (Å²) in [5.41, 5.74) is -0.945. The van der Waals surface area contributed by atoms with Crippen molar-refractivity contribution in [3.63, 3.8) is 0 Å². The molecule has 1 heterocycles. The van der Waals surface area contributed by atoms with E-state index in [0.717, 1.165) is 0 Å². The number of carbonyl (C=O) groups is 1. The van der Waals surface area contributed by atoms with E-state index in [9.17, 15) is 18.0 Å². The number of rotatable bonds is 3. The number of halogens is 3. The average molecular weight is 247 g/mol. The first-order valence-electron chi connectivity index (χ1n) is 4.98. The Morgan fingerprint density at radius 1 is 1.35 bits per heavy atom. The monoisotopic (exact) mass is 247 g/mol. The smallest absolute Gasteiger partial charge is 0.295 e. The fraction of sp³-hybridized carbons (Fsp3) is 0.500. The molecule has 0 aliphatic rings. The molecule has 0 saturated heterocycles. The SMILES string of the molecule is CC(C)CC(=O)Nc1ncc(C(F)(F)F)cn1. The Hall–Kier alpha value is -1.66. The van der Waals surface area contributed by atoms with E-state index in [1.807, 2.05) is 13.8 Å². The maximum absolute atomic E-state index is 12.2. The highest BCUT2D eigenvalue weighted by Crippen LogP contribution is 2.27. The number of carbonyl (C=O) groups excluding carboxylic acids is 1. The summed E-state index contributed by atoms with van der Waals surface area (Å²) in [6, 6.07) is 0. The first kappa shape index (κ1) is 13.4. The van der Waals surface area contributed by atoms with Gasteiger partial charge in [0.15, 0.2) is 0 Å². The van der Waals surface area contributed by atoms with Crippen molar-refractivity contribution in [2.45, 2.75) is 26.4 Å². The van der Waals surface area contributed by atoms with Gasteiger partial charge in [-0.1, -0.05) is 13.8 Å². The van der Waals surface area contributed by atoms with Crippen molar-refractivity contribution < 1.29 is 18.0 Å². The summed E-state index contributed by atoms with van der Waals surface area (Å²) in [6.45, 7) is 3.71. The van der Waals surface area contributed by atoms with Crippen LogP contribution in [0.3, 0.4) is 0 Å². The molecule has 0 aliphatic heterocycles. The minimum Gasteiger partial charge on any atom is -0.295 e. The molecule has 94 valence electrons. The predicted molar refractivity (Wildman–Crippen MR) is 55.1 cm³/mol. The summed E-state index contributed by atoms with van der Waals surface area (Å²) < 4.78 is 36.6. The molecule has 0 spiro atoms. The van der Waals surface area contributed by atoms with Crippen LogP contribution in [0.2, 0.25) is 0 Å². The molecule has 0 saturated carbocycles. The van der Waals surface area contributed by atoms with E-state index in [1.165, 1.54) is 0 Å². The number of hydrogen-bond donors (Lipinski definition) is 1. The van der Waals surface area contributed by atoms with Crippen LogP contribution in [0.15, 0.2) is 12.4 Å². The van der Waals surface area contributed by atoms with Crippen LogP contribution < -0.4 is 5.32 Å². The van der Waals surface area contributed by atoms with Crippen molar-refractivity contribution in [3.8, 4) is 0 Å². The number of nitrogens with zero attached hydrogens (tertiary/aromatic N) is 2. The summed E-state index contributed by atoms with van der Waals surface area (Å²) in [4.78, 5) is 18.2. The lowest BCUT2D eigenvalue weighted by Crippen LogP contribution is -2.16. The lowest BCUT2D eigenvalue weighted by molar-refractivity contribution is -0.138. The molecule has 0 fully saturated rings. The van der Waals surface area contributed by atoms with Crippen LogP contribution in [0.1, 0.15) is 25.8 Å². The van der Waals surface area contributed by atoms with Gasteiger partial charge in [0.25, 0.3) is 0 Å². The molecular formula is C10H12F3N3O. The Labute approximate surface area is 96.3 Å². The minimum atomic E-state index is -4.47. The molecule has 0 bridgehead atoms. The molecule has 0 unspecified atom stereocenters. The quantitative estimate of drug-likeness (QED) is 0.892. The molecule has 7 heteroatoms. The van der Waals surface area contributed by atoms with Crippen molar-refractivity contribution in [2.75, 3.05) is 5.32 Å². The first-order chi connectivity index (χ1) is 7.79. The highest BCUT2D eigenvalue weighted by molar-refractivity contribution is 5.88. The molecule has 1 aromatic heterocycles. The van der Waals surface area contributed by atoms with Crippen LogP contribution in [0.25, 0.3) is 0 Å². The van der Waals surface area contributed by atoms with Gasteiger partial charge in [0.05, 0.1) is 5.56 Å². The van der Waals surface area contributed by atoms with E-state index in [4.69, 9.17) is 0 Å². The van der Waals surface area contributed by atoms with Crippen molar-refractivity contribution in [1.29, 1.82) is 0 Å². The molecule has 1 amide bonds. The Morgan fingerprint density at radius 3 is 2.29 bits per heavy atom. The van der Waals surface area contributed by atoms with Crippen LogP contribution in [0.5, 0.6) is 0 Å². The Bertz CT molecular complexity index is 387. The van der Waals surface area contributed by atoms with Crippen LogP contribution in [-0.2, 0) is 11.0 Å². The summed E-state index contributed by atoms with van der Waals surface area (Å²) in [7, 11) is 0. The van der Waals surface area contributed by atoms with E-state index in [-0.39, 0.29) is 24.2 Å². The minimum absolute atomic E-state index is 0.122. The number of hydrogen-bond acceptors (Lipinski definition) is 3. The third-order valence-electron chi connectivity index (χ3n) is 1.82. The summed E-state index contributed by atoms with van der Waals surface area (Å²) in [6.07, 6.45) is -2.93. The van der Waals surface area contributed by atoms with E-state index in [2.05, 4.69) is 15.3 Å². The van der Waals surface area contributed by atoms with E-state index in [1.54, 1.807) is 0 Å². The van der Waals surface area contributed by atoms with Gasteiger partial charge in [0.1, 0.15) is 0 Å². The number of anilines is 1. The zero-order valence-electron chi connectivity index (χ0n) is 9.38. The molecule has 1 N–H and O–H groups in total. The van der Waals surface area contributed by atoms with Crippen molar-refractivity contribution >= 4 is 11.9 Å². The number of amides is 1. The maximum atomic E-state index is 12.2. The van der Waals surface area contributed by atoms with Crippen molar-refractivity contribution in [2.24, 2.45) is 5.92 Å². The molecule has 1 aromatic rings. The molecule has 1 rings (SSSR count). The standard InChI is InChI=1S/C10H12F3N3O/c1-6(2)3-8(17)16-9-14-4-7(5-15-9)10(11,12)13/h4-6H,3H2,1-2H3,(H,14,15,16,17). The zero-order valence-corrected chi connectivity index (χ0v) is 9.38. The van der Waals surface area contributed by atoms with E-state index in [0.29, 0.717) is 12.4 Å². The summed E-state index contributed by atoms with van der Waals surface area (Å²) in [5, 5.41) is 2.32. The third-order valence-corrected chi connectivity index (χ3v) is 1.82. The molecule has 0 radical (unpaired) electrons. The molecular weight excluding hydrogens is 235 g/mol. The van der Waals surface area contributed by atoms with Gasteiger partial charge < -0.3 is 0 Å². The van der Waals surface area contributed by atoms with E-state index >= 15 is 0 Å². The van der Waals surface area contributed by atoms with Gasteiger partial charge in [-0.2, -0.15) is 13.2 Å². The molecule has 17 heavy (non-hydrogen) atoms. The van der Waals surface area contributed by atoms with Gasteiger partial charge in [0.2, 0.25) is 11.9 Å². The highest BCUT2D eigenvalue weighted by atomic mass is 19.4. The lowest BCUT2D eigenvalue weighted by Gasteiger charge is -2.07. The van der Waals surface area contributed by atoms with Crippen LogP contribution in [0.4, 0.5) is 19.1 Å². The van der Waals surface area contributed by atoms with Gasteiger partial charge in [0, 0.05) is 18.8 Å². The Kier molecular flexibility index (Phi) is 4.03. The van der Waals surface area contributed by atoms with Crippen LogP contribution >= 0.6 is 0 Å². The summed E-state index contributed by atoms with van der Waals surface area (Å²) >= 11 is 0. The van der Waals surface area contributed by atoms with Gasteiger partial charge in [-0.3, -0.25) is 10.1 Å². The lowest BCUT2D eigenvalue weighted by atomic mass is 10.1. The normalized spacial score (nSPS) is 11.6. The topological polar surface area (TPSA) is 54.9 Å². The zero-order chi connectivity index (χ0) is 13.1. The second kappa shape index (κ2) is 5.11. The highest BCUT2D eigenvalue weighted by Gasteiger charge is 2.31. The molecule has 0 atom stereocenters. The van der Waals surface area contributed by atoms with Gasteiger partial charge in [-0.05, 0) is 5.92 Å². The van der Waals surface area contributed by atoms with Gasteiger partial charge in [-0.25, -0.2) is 9.97 Å². The summed E-state index contributed by atoms with van der Waals surface area (Å²) in [5.74, 6) is -0.284. The molecule has 0 aliphatic carbocycles. The third kappa shape index (κ3) is 4.38. The Balaban J connectivity index is 2.66. The molecule has 4 nitrogen and oxygen atoms in total. The average Bonchev–Trinajstić information content (AvgIpc) is 2.15. The van der Waals surface area contributed by atoms with Gasteiger partial charge >= 0.3 is 6.18 Å². The Morgan fingerprint density at radius 2 is 1.88 bits per heavy atom. The second-order valence-electron chi connectivity index (χ2n) is 3.94. The first-order valence-corrected chi connectivity index (χ1v) is 4.98. The van der Waals surface area contributed by atoms with Crippen LogP contribution in [0, 0.1) is 5.92 Å². The predicted octanol–water partition coefficient (Wildman–Crippen LogP) is 2.48. The van der Waals surface area contributed by atoms with E-state index < -0.39 is 11.7 Å². The maximum Gasteiger partial charge on any atom is 0.419 e. The van der Waals surface area contributed by atoms with Crippen molar-refractivity contribution in [1.82, 2.24) is 9.97 Å². The number of alkyl halides is 3. The van der Waals surface area contributed by atoms with Crippen molar-refractivity contribution in [3.05, 3.63) is 18.0 Å². The van der Waals surface area contributed by atoms with Crippen LogP contribution in [-0.4, -0.2) is 15.9 Å². The van der Waals surface area contributed by atoms with Gasteiger partial charge in [-0.15, -0.1) is 0 Å². The number of nitrogens with one attached hydrogen (secondary N) is 1. The fourth-order valence-corrected chi connectivity index (χ4v) is 1.09. The fourth-order valence-electron chi connectivity index (χ4n) is 1.09. The number of aromatic nitrogens is 2. The molecule has 0 aromatic carbocycles. The largest absolute Gasteiger partial charge is 0.419 e. The second-order valence-corrected chi connectivity index (χ2v) is 3.94.